The molecule has 0 amide bonds. The van der Waals surface area contributed by atoms with Crippen molar-refractivity contribution in [3.8, 4) is 5.75 Å². The lowest BCUT2D eigenvalue weighted by molar-refractivity contribution is 0.412. The van der Waals surface area contributed by atoms with Crippen LogP contribution in [0.1, 0.15) is 5.56 Å². The van der Waals surface area contributed by atoms with Gasteiger partial charge in [-0.25, -0.2) is 0 Å². The van der Waals surface area contributed by atoms with Gasteiger partial charge in [0.15, 0.2) is 0 Å². The Bertz CT molecular complexity index is 291. The molecule has 3 N–H and O–H groups in total. The Labute approximate surface area is 92.8 Å². The summed E-state index contributed by atoms with van der Waals surface area (Å²) < 4.78 is 6.13. The molecule has 0 unspecified atom stereocenters. The van der Waals surface area contributed by atoms with Crippen LogP contribution in [0.25, 0.3) is 0 Å². The third-order valence-corrected chi connectivity index (χ3v) is 2.57. The third-order valence-electron chi connectivity index (χ3n) is 1.95. The van der Waals surface area contributed by atoms with Crippen LogP contribution in [-0.4, -0.2) is 20.3 Å². The molecule has 0 heterocycles. The summed E-state index contributed by atoms with van der Waals surface area (Å²) in [7, 11) is 1.66. The van der Waals surface area contributed by atoms with E-state index in [2.05, 4.69) is 33.4 Å². The molecule has 0 spiro atoms. The van der Waals surface area contributed by atoms with Gasteiger partial charge in [0.2, 0.25) is 0 Å². The van der Waals surface area contributed by atoms with E-state index in [1.807, 2.05) is 6.07 Å². The Morgan fingerprint density at radius 3 is 2.86 bits per heavy atom. The molecule has 0 aliphatic heterocycles. The second-order valence-electron chi connectivity index (χ2n) is 2.92. The molecule has 1 aromatic carbocycles. The molecule has 0 radical (unpaired) electrons. The number of hydrogen-bond donors (Lipinski definition) is 2. The minimum Gasteiger partial charge on any atom is -0.496 e. The van der Waals surface area contributed by atoms with Gasteiger partial charge in [-0.2, -0.15) is 0 Å². The lowest BCUT2D eigenvalue weighted by Crippen LogP contribution is -2.24. The molecule has 0 saturated carbocycles. The van der Waals surface area contributed by atoms with Gasteiger partial charge < -0.3 is 15.8 Å². The SMILES string of the molecule is COc1ccc(CCNCN)cc1Br. The van der Waals surface area contributed by atoms with Crippen LogP contribution >= 0.6 is 15.9 Å². The topological polar surface area (TPSA) is 47.3 Å². The molecular formula is C10H15BrN2O. The Morgan fingerprint density at radius 1 is 1.50 bits per heavy atom. The lowest BCUT2D eigenvalue weighted by Gasteiger charge is -2.06. The van der Waals surface area contributed by atoms with Gasteiger partial charge in [-0.3, -0.25) is 0 Å². The molecule has 3 nitrogen and oxygen atoms in total. The predicted octanol–water partition coefficient (Wildman–Crippen LogP) is 1.51. The molecule has 1 rings (SSSR count). The highest BCUT2D eigenvalue weighted by atomic mass is 79.9. The number of benzene rings is 1. The van der Waals surface area contributed by atoms with Crippen molar-refractivity contribution in [2.75, 3.05) is 20.3 Å². The fourth-order valence-corrected chi connectivity index (χ4v) is 1.79. The Hall–Kier alpha value is -0.580. The second-order valence-corrected chi connectivity index (χ2v) is 3.78. The van der Waals surface area contributed by atoms with Gasteiger partial charge >= 0.3 is 0 Å². The van der Waals surface area contributed by atoms with E-state index in [0.717, 1.165) is 23.2 Å². The van der Waals surface area contributed by atoms with E-state index in [1.165, 1.54) is 5.56 Å². The van der Waals surface area contributed by atoms with E-state index in [-0.39, 0.29) is 0 Å². The zero-order valence-corrected chi connectivity index (χ0v) is 9.80. The zero-order valence-electron chi connectivity index (χ0n) is 8.22. The van der Waals surface area contributed by atoms with Crippen molar-refractivity contribution in [1.82, 2.24) is 5.32 Å². The molecule has 14 heavy (non-hydrogen) atoms. The summed E-state index contributed by atoms with van der Waals surface area (Å²) in [5.74, 6) is 0.862. The van der Waals surface area contributed by atoms with Crippen molar-refractivity contribution in [2.24, 2.45) is 5.73 Å². The van der Waals surface area contributed by atoms with Gasteiger partial charge in [-0.05, 0) is 40.0 Å². The number of nitrogens with one attached hydrogen (secondary N) is 1. The number of hydrogen-bond acceptors (Lipinski definition) is 3. The molecule has 0 atom stereocenters. The van der Waals surface area contributed by atoms with Crippen molar-refractivity contribution >= 4 is 15.9 Å². The minimum atomic E-state index is 0.525. The van der Waals surface area contributed by atoms with Crippen molar-refractivity contribution in [1.29, 1.82) is 0 Å². The van der Waals surface area contributed by atoms with Gasteiger partial charge in [0, 0.05) is 13.2 Å². The van der Waals surface area contributed by atoms with Crippen LogP contribution in [-0.2, 0) is 6.42 Å². The van der Waals surface area contributed by atoms with E-state index in [1.54, 1.807) is 7.11 Å². The lowest BCUT2D eigenvalue weighted by atomic mass is 10.1. The highest BCUT2D eigenvalue weighted by molar-refractivity contribution is 9.10. The molecule has 4 heteroatoms. The van der Waals surface area contributed by atoms with Gasteiger partial charge in [0.1, 0.15) is 5.75 Å². The van der Waals surface area contributed by atoms with Crippen LogP contribution in [0.3, 0.4) is 0 Å². The third kappa shape index (κ3) is 3.29. The largest absolute Gasteiger partial charge is 0.496 e. The van der Waals surface area contributed by atoms with Crippen molar-refractivity contribution < 1.29 is 4.74 Å². The normalized spacial score (nSPS) is 10.2. The molecule has 0 aliphatic carbocycles. The Balaban J connectivity index is 2.57. The van der Waals surface area contributed by atoms with Crippen molar-refractivity contribution in [3.63, 3.8) is 0 Å². The van der Waals surface area contributed by atoms with Crippen molar-refractivity contribution in [2.45, 2.75) is 6.42 Å². The second kappa shape index (κ2) is 6.01. The average molecular weight is 259 g/mol. The molecule has 1 aromatic rings. The highest BCUT2D eigenvalue weighted by Gasteiger charge is 2.00. The van der Waals surface area contributed by atoms with Crippen LogP contribution < -0.4 is 15.8 Å². The first kappa shape index (κ1) is 11.5. The first-order chi connectivity index (χ1) is 6.77. The van der Waals surface area contributed by atoms with Crippen LogP contribution in [0, 0.1) is 0 Å². The minimum absolute atomic E-state index is 0.525. The number of methoxy groups -OCH3 is 1. The average Bonchev–Trinajstić information content (AvgIpc) is 2.18. The Kier molecular flexibility index (Phi) is 4.93. The highest BCUT2D eigenvalue weighted by Crippen LogP contribution is 2.25. The molecule has 0 saturated heterocycles. The monoisotopic (exact) mass is 258 g/mol. The van der Waals surface area contributed by atoms with E-state index >= 15 is 0 Å². The predicted molar refractivity (Wildman–Crippen MR) is 61.5 cm³/mol. The molecule has 0 aliphatic rings. The van der Waals surface area contributed by atoms with Gasteiger partial charge in [0.25, 0.3) is 0 Å². The van der Waals surface area contributed by atoms with Gasteiger partial charge in [0.05, 0.1) is 11.6 Å². The van der Waals surface area contributed by atoms with Crippen LogP contribution in [0.2, 0.25) is 0 Å². The van der Waals surface area contributed by atoms with Crippen LogP contribution in [0.5, 0.6) is 5.75 Å². The van der Waals surface area contributed by atoms with E-state index < -0.39 is 0 Å². The first-order valence-electron chi connectivity index (χ1n) is 4.51. The fourth-order valence-electron chi connectivity index (χ4n) is 1.20. The van der Waals surface area contributed by atoms with Crippen molar-refractivity contribution in [3.05, 3.63) is 28.2 Å². The molecule has 78 valence electrons. The number of ether oxygens (including phenoxy) is 1. The molecule has 0 aromatic heterocycles. The summed E-state index contributed by atoms with van der Waals surface area (Å²) >= 11 is 3.45. The maximum absolute atomic E-state index is 5.33. The van der Waals surface area contributed by atoms with E-state index in [0.29, 0.717) is 6.67 Å². The number of rotatable bonds is 5. The fraction of sp³-hybridized carbons (Fsp3) is 0.400. The maximum atomic E-state index is 5.33. The summed E-state index contributed by atoms with van der Waals surface area (Å²) in [6.07, 6.45) is 0.972. The summed E-state index contributed by atoms with van der Waals surface area (Å²) in [5, 5.41) is 3.08. The quantitative estimate of drug-likeness (QED) is 0.622. The first-order valence-corrected chi connectivity index (χ1v) is 5.30. The van der Waals surface area contributed by atoms with Crippen LogP contribution in [0.15, 0.2) is 22.7 Å². The molecular weight excluding hydrogens is 244 g/mol. The molecule has 0 fully saturated rings. The van der Waals surface area contributed by atoms with E-state index in [9.17, 15) is 0 Å². The standard InChI is InChI=1S/C10H15BrN2O/c1-14-10-3-2-8(6-9(10)11)4-5-13-7-12/h2-3,6,13H,4-5,7,12H2,1H3. The number of nitrogens with two attached hydrogens (primary N) is 1. The summed E-state index contributed by atoms with van der Waals surface area (Å²) in [4.78, 5) is 0. The van der Waals surface area contributed by atoms with E-state index in [4.69, 9.17) is 10.5 Å². The van der Waals surface area contributed by atoms with Gasteiger partial charge in [-0.1, -0.05) is 6.07 Å². The number of halogens is 1. The molecule has 0 bridgehead atoms. The zero-order chi connectivity index (χ0) is 10.4. The summed E-state index contributed by atoms with van der Waals surface area (Å²) in [5.41, 5.74) is 6.59. The summed E-state index contributed by atoms with van der Waals surface area (Å²) in [6, 6.07) is 6.08. The smallest absolute Gasteiger partial charge is 0.133 e. The van der Waals surface area contributed by atoms with Crippen LogP contribution in [0.4, 0.5) is 0 Å². The van der Waals surface area contributed by atoms with Gasteiger partial charge in [-0.15, -0.1) is 0 Å². The summed E-state index contributed by atoms with van der Waals surface area (Å²) in [6.45, 7) is 1.42. The maximum Gasteiger partial charge on any atom is 0.133 e. The Morgan fingerprint density at radius 2 is 2.29 bits per heavy atom.